The predicted octanol–water partition coefficient (Wildman–Crippen LogP) is 0.108. The van der Waals surface area contributed by atoms with Crippen LogP contribution in [-0.2, 0) is 17.6 Å². The van der Waals surface area contributed by atoms with E-state index in [-0.39, 0.29) is 19.3 Å². The van der Waals surface area contributed by atoms with Crippen molar-refractivity contribution in [3.8, 4) is 28.7 Å². The van der Waals surface area contributed by atoms with Gasteiger partial charge in [-0.3, -0.25) is 0 Å². The number of fused-ring (bicyclic) bond motifs is 2. The first-order chi connectivity index (χ1) is 15.5. The maximum atomic E-state index is 10.3. The highest BCUT2D eigenvalue weighted by Gasteiger charge is 2.45. The Hall–Kier alpha value is -2.76. The van der Waals surface area contributed by atoms with Crippen molar-refractivity contribution in [2.75, 3.05) is 20.2 Å². The average molecular weight is 448 g/mol. The number of aryl methyl sites for hydroxylation is 2. The summed E-state index contributed by atoms with van der Waals surface area (Å²) >= 11 is 0. The highest BCUT2D eigenvalue weighted by molar-refractivity contribution is 5.55. The molecule has 0 aromatic heterocycles. The molecule has 0 saturated carbocycles. The van der Waals surface area contributed by atoms with Crippen molar-refractivity contribution in [3.05, 3.63) is 41.5 Å². The van der Waals surface area contributed by atoms with E-state index < -0.39 is 37.3 Å². The number of aliphatic hydroxyl groups is 4. The largest absolute Gasteiger partial charge is 0.458 e. The van der Waals surface area contributed by atoms with Crippen molar-refractivity contribution in [1.82, 2.24) is 0 Å². The van der Waals surface area contributed by atoms with Crippen LogP contribution < -0.4 is 23.7 Å². The number of hydrogen-bond acceptors (Lipinski definition) is 10. The first-order valence-corrected chi connectivity index (χ1v) is 10.3. The van der Waals surface area contributed by atoms with E-state index in [4.69, 9.17) is 28.4 Å². The Morgan fingerprint density at radius 1 is 0.781 bits per heavy atom. The number of hydrogen-bond donors (Lipinski definition) is 4. The zero-order chi connectivity index (χ0) is 22.2. The Bertz CT molecular complexity index is 977. The van der Waals surface area contributed by atoms with E-state index in [0.717, 1.165) is 29.0 Å². The van der Waals surface area contributed by atoms with Gasteiger partial charge in [-0.05, 0) is 48.2 Å². The van der Waals surface area contributed by atoms with Crippen molar-refractivity contribution in [2.24, 2.45) is 0 Å². The van der Waals surface area contributed by atoms with E-state index in [2.05, 4.69) is 0 Å². The minimum absolute atomic E-state index is 0.0198. The quantitative estimate of drug-likeness (QED) is 0.482. The lowest BCUT2D eigenvalue weighted by molar-refractivity contribution is -0.277. The van der Waals surface area contributed by atoms with Crippen molar-refractivity contribution in [1.29, 1.82) is 0 Å². The van der Waals surface area contributed by atoms with E-state index in [0.29, 0.717) is 17.9 Å². The molecule has 4 N–H and O–H groups in total. The third kappa shape index (κ3) is 3.91. The molecule has 10 nitrogen and oxygen atoms in total. The van der Waals surface area contributed by atoms with Crippen LogP contribution in [0.3, 0.4) is 0 Å². The fourth-order valence-corrected chi connectivity index (χ4v) is 3.94. The topological polar surface area (TPSA) is 136 Å². The summed E-state index contributed by atoms with van der Waals surface area (Å²) in [5, 5.41) is 39.7. The molecule has 0 radical (unpaired) electrons. The molecule has 0 amide bonds. The van der Waals surface area contributed by atoms with Crippen LogP contribution in [0.25, 0.3) is 0 Å². The first kappa shape index (κ1) is 21.1. The Kier molecular flexibility index (Phi) is 5.70. The average Bonchev–Trinajstić information content (AvgIpc) is 3.47. The predicted molar refractivity (Wildman–Crippen MR) is 107 cm³/mol. The maximum absolute atomic E-state index is 10.3. The normalized spacial score (nSPS) is 28.1. The number of aliphatic hydroxyl groups excluding tert-OH is 4. The zero-order valence-corrected chi connectivity index (χ0v) is 17.0. The van der Waals surface area contributed by atoms with Gasteiger partial charge < -0.3 is 48.8 Å². The molecule has 2 aromatic rings. The number of ether oxygens (including phenoxy) is 6. The fourth-order valence-electron chi connectivity index (χ4n) is 3.94. The molecule has 2 aromatic carbocycles. The van der Waals surface area contributed by atoms with Gasteiger partial charge in [0.2, 0.25) is 25.6 Å². The summed E-state index contributed by atoms with van der Waals surface area (Å²) in [5.74, 6) is 2.57. The van der Waals surface area contributed by atoms with Crippen LogP contribution in [0.4, 0.5) is 0 Å². The van der Waals surface area contributed by atoms with E-state index in [1.54, 1.807) is 6.07 Å². The summed E-state index contributed by atoms with van der Waals surface area (Å²) in [5.41, 5.74) is 1.97. The second-order valence-corrected chi connectivity index (χ2v) is 7.83. The SMILES string of the molecule is OC[C@H]1O[C@@H](Oc2cc(CCc3ccc4c(c3)OCO4)cc3c2OCO3)[C@H](O)[C@@H](O)[C@@H]1O. The molecule has 5 rings (SSSR count). The Labute approximate surface area is 183 Å². The van der Waals surface area contributed by atoms with Crippen molar-refractivity contribution >= 4 is 0 Å². The van der Waals surface area contributed by atoms with Crippen molar-refractivity contribution in [3.63, 3.8) is 0 Å². The molecule has 0 spiro atoms. The molecule has 5 atom stereocenters. The van der Waals surface area contributed by atoms with Crippen LogP contribution in [0.1, 0.15) is 11.1 Å². The smallest absolute Gasteiger partial charge is 0.231 e. The third-order valence-electron chi connectivity index (χ3n) is 5.73. The van der Waals surface area contributed by atoms with E-state index in [1.165, 1.54) is 0 Å². The van der Waals surface area contributed by atoms with Crippen LogP contribution in [0.5, 0.6) is 28.7 Å². The van der Waals surface area contributed by atoms with Gasteiger partial charge in [-0.15, -0.1) is 0 Å². The molecule has 32 heavy (non-hydrogen) atoms. The van der Waals surface area contributed by atoms with Gasteiger partial charge in [0.15, 0.2) is 23.0 Å². The molecule has 0 unspecified atom stereocenters. The first-order valence-electron chi connectivity index (χ1n) is 10.3. The van der Waals surface area contributed by atoms with E-state index in [1.807, 2.05) is 24.3 Å². The third-order valence-corrected chi connectivity index (χ3v) is 5.73. The molecule has 10 heteroatoms. The van der Waals surface area contributed by atoms with Gasteiger partial charge in [0, 0.05) is 0 Å². The monoisotopic (exact) mass is 448 g/mol. The Morgan fingerprint density at radius 2 is 1.50 bits per heavy atom. The van der Waals surface area contributed by atoms with Crippen molar-refractivity contribution in [2.45, 2.75) is 43.5 Å². The highest BCUT2D eigenvalue weighted by Crippen LogP contribution is 2.43. The molecule has 1 saturated heterocycles. The Balaban J connectivity index is 1.34. The molecule has 172 valence electrons. The lowest BCUT2D eigenvalue weighted by Crippen LogP contribution is -2.60. The summed E-state index contributed by atoms with van der Waals surface area (Å²) in [7, 11) is 0. The molecular formula is C22H24O10. The number of rotatable bonds is 6. The van der Waals surface area contributed by atoms with Crippen LogP contribution in [-0.4, -0.2) is 71.3 Å². The maximum Gasteiger partial charge on any atom is 0.231 e. The molecule has 3 aliphatic rings. The van der Waals surface area contributed by atoms with Crippen LogP contribution in [0.2, 0.25) is 0 Å². The standard InChI is InChI=1S/C22H24O10/c23-8-17-18(24)19(25)20(26)22(32-17)31-16-7-12(6-15-21(16)30-10-29-15)2-1-11-3-4-13-14(5-11)28-9-27-13/h3-7,17-20,22-26H,1-2,8-10H2/t17-,18-,19+,20-,22-/m1/s1. The molecule has 3 aliphatic heterocycles. The van der Waals surface area contributed by atoms with E-state index >= 15 is 0 Å². The van der Waals surface area contributed by atoms with Gasteiger partial charge >= 0.3 is 0 Å². The van der Waals surface area contributed by atoms with Crippen molar-refractivity contribution < 1.29 is 48.8 Å². The van der Waals surface area contributed by atoms with Gasteiger partial charge in [0.1, 0.15) is 24.4 Å². The van der Waals surface area contributed by atoms with Crippen LogP contribution in [0, 0.1) is 0 Å². The molecule has 0 bridgehead atoms. The molecule has 3 heterocycles. The summed E-state index contributed by atoms with van der Waals surface area (Å²) in [6.45, 7) is -0.302. The summed E-state index contributed by atoms with van der Waals surface area (Å²) in [4.78, 5) is 0. The molecule has 0 aliphatic carbocycles. The van der Waals surface area contributed by atoms with Crippen LogP contribution in [0.15, 0.2) is 30.3 Å². The summed E-state index contributed by atoms with van der Waals surface area (Å²) in [6.07, 6.45) is -5.54. The second kappa shape index (κ2) is 8.64. The lowest BCUT2D eigenvalue weighted by Gasteiger charge is -2.39. The van der Waals surface area contributed by atoms with Gasteiger partial charge in [-0.2, -0.15) is 0 Å². The minimum atomic E-state index is -1.54. The highest BCUT2D eigenvalue weighted by atomic mass is 16.7. The zero-order valence-electron chi connectivity index (χ0n) is 17.0. The van der Waals surface area contributed by atoms with Crippen LogP contribution >= 0.6 is 0 Å². The second-order valence-electron chi connectivity index (χ2n) is 7.83. The van der Waals surface area contributed by atoms with Gasteiger partial charge in [-0.25, -0.2) is 0 Å². The van der Waals surface area contributed by atoms with Gasteiger partial charge in [-0.1, -0.05) is 6.07 Å². The molecule has 1 fully saturated rings. The van der Waals surface area contributed by atoms with Gasteiger partial charge in [0.05, 0.1) is 6.61 Å². The Morgan fingerprint density at radius 3 is 2.34 bits per heavy atom. The van der Waals surface area contributed by atoms with Gasteiger partial charge in [0.25, 0.3) is 0 Å². The summed E-state index contributed by atoms with van der Waals surface area (Å²) < 4.78 is 33.1. The fraction of sp³-hybridized carbons (Fsp3) is 0.455. The van der Waals surface area contributed by atoms with E-state index in [9.17, 15) is 20.4 Å². The lowest BCUT2D eigenvalue weighted by atomic mass is 9.99. The minimum Gasteiger partial charge on any atom is -0.458 e. The number of benzene rings is 2. The molecular weight excluding hydrogens is 424 g/mol. The summed E-state index contributed by atoms with van der Waals surface area (Å²) in [6, 6.07) is 9.41.